The Bertz CT molecular complexity index is 806. The van der Waals surface area contributed by atoms with Gasteiger partial charge in [-0.05, 0) is 129 Å². The number of carboxylic acids is 4. The van der Waals surface area contributed by atoms with E-state index in [2.05, 4.69) is 19.6 Å². The highest BCUT2D eigenvalue weighted by Crippen LogP contribution is 2.22. The first kappa shape index (κ1) is 38.2. The van der Waals surface area contributed by atoms with Crippen LogP contribution in [0.4, 0.5) is 0 Å². The molecule has 264 valence electrons. The number of likely N-dealkylation sites (tertiary alicyclic amines) is 4. The molecule has 12 heteroatoms. The molecule has 4 aliphatic rings. The van der Waals surface area contributed by atoms with Crippen molar-refractivity contribution in [1.82, 2.24) is 19.6 Å². The number of hydrogen-bond donors (Lipinski definition) is 4. The first-order valence-corrected chi connectivity index (χ1v) is 18.1. The van der Waals surface area contributed by atoms with E-state index in [9.17, 15) is 19.2 Å². The summed E-state index contributed by atoms with van der Waals surface area (Å²) in [4.78, 5) is 52.8. The van der Waals surface area contributed by atoms with Crippen LogP contribution in [-0.4, -0.2) is 140 Å². The molecular formula is C34H60N4O8. The highest BCUT2D eigenvalue weighted by molar-refractivity contribution is 5.75. The minimum Gasteiger partial charge on any atom is -0.480 e. The van der Waals surface area contributed by atoms with Crippen LogP contribution in [0, 0.1) is 0 Å². The zero-order valence-electron chi connectivity index (χ0n) is 27.9. The van der Waals surface area contributed by atoms with Crippen molar-refractivity contribution in [3.05, 3.63) is 0 Å². The largest absolute Gasteiger partial charge is 0.480 e. The lowest BCUT2D eigenvalue weighted by atomic mass is 10.1. The summed E-state index contributed by atoms with van der Waals surface area (Å²) in [7, 11) is 0. The van der Waals surface area contributed by atoms with Crippen LogP contribution in [0.3, 0.4) is 0 Å². The summed E-state index contributed by atoms with van der Waals surface area (Å²) in [5.41, 5.74) is 0. The average molecular weight is 653 g/mol. The van der Waals surface area contributed by atoms with E-state index in [1.165, 1.54) is 0 Å². The molecule has 0 aromatic heterocycles. The van der Waals surface area contributed by atoms with Gasteiger partial charge in [0, 0.05) is 0 Å². The summed E-state index contributed by atoms with van der Waals surface area (Å²) in [5, 5.41) is 36.5. The highest BCUT2D eigenvalue weighted by atomic mass is 16.4. The van der Waals surface area contributed by atoms with E-state index in [0.29, 0.717) is 0 Å². The maximum Gasteiger partial charge on any atom is 0.320 e. The third kappa shape index (κ3) is 12.7. The minimum absolute atomic E-state index is 0.266. The summed E-state index contributed by atoms with van der Waals surface area (Å²) in [6.45, 7) is 7.25. The molecule has 0 saturated carbocycles. The molecule has 0 aliphatic carbocycles. The van der Waals surface area contributed by atoms with Crippen molar-refractivity contribution < 1.29 is 39.6 Å². The van der Waals surface area contributed by atoms with Gasteiger partial charge in [0.25, 0.3) is 0 Å². The number of carbonyl (C=O) groups is 4. The lowest BCUT2D eigenvalue weighted by Crippen LogP contribution is -2.36. The van der Waals surface area contributed by atoms with Crippen LogP contribution in [0.2, 0.25) is 0 Å². The van der Waals surface area contributed by atoms with Crippen LogP contribution < -0.4 is 0 Å². The van der Waals surface area contributed by atoms with Gasteiger partial charge in [-0.15, -0.1) is 0 Å². The van der Waals surface area contributed by atoms with Gasteiger partial charge >= 0.3 is 23.9 Å². The van der Waals surface area contributed by atoms with Crippen molar-refractivity contribution in [2.75, 3.05) is 52.4 Å². The predicted octanol–water partition coefficient (Wildman–Crippen LogP) is 4.07. The van der Waals surface area contributed by atoms with Crippen molar-refractivity contribution >= 4 is 23.9 Å². The molecule has 0 aromatic carbocycles. The topological polar surface area (TPSA) is 162 Å². The molecule has 4 saturated heterocycles. The first-order chi connectivity index (χ1) is 22.2. The van der Waals surface area contributed by atoms with Gasteiger partial charge in [-0.1, -0.05) is 38.5 Å². The monoisotopic (exact) mass is 652 g/mol. The van der Waals surface area contributed by atoms with Crippen molar-refractivity contribution in [1.29, 1.82) is 0 Å². The molecule has 0 spiro atoms. The standard InChI is InChI=1S/2C17H30N2O4/c2*20-16(21)14-8-6-12-18(14)10-4-2-1-3-5-11-19-13-7-9-15(19)17(22)23/h2*14-15H,1-13H2,(H,20,21)(H,22,23)/t2*14-,15-/m00/s1. The fourth-order valence-electron chi connectivity index (χ4n) is 7.81. The van der Waals surface area contributed by atoms with E-state index in [-0.39, 0.29) is 24.2 Å². The number of aliphatic carboxylic acids is 4. The fraction of sp³-hybridized carbons (Fsp3) is 0.882. The Morgan fingerprint density at radius 1 is 0.370 bits per heavy atom. The van der Waals surface area contributed by atoms with E-state index in [1.807, 2.05) is 0 Å². The molecule has 0 bridgehead atoms. The summed E-state index contributed by atoms with van der Waals surface area (Å²) in [5.74, 6) is -2.72. The zero-order chi connectivity index (χ0) is 33.3. The van der Waals surface area contributed by atoms with E-state index < -0.39 is 23.9 Å². The van der Waals surface area contributed by atoms with Crippen LogP contribution in [0.25, 0.3) is 0 Å². The summed E-state index contributed by atoms with van der Waals surface area (Å²) in [6, 6.07) is -1.06. The van der Waals surface area contributed by atoms with Gasteiger partial charge in [-0.3, -0.25) is 38.8 Å². The van der Waals surface area contributed by atoms with E-state index in [1.54, 1.807) is 0 Å². The minimum atomic E-state index is -0.680. The SMILES string of the molecule is O=C(O)[C@@H]1CCCN1CCCCCCCN1CCC[C@H]1C(=O)O.O=C(O)[C@@H]1CCCN1CCCCCCCN1CCC[C@H]1C(=O)O. The zero-order valence-corrected chi connectivity index (χ0v) is 27.9. The third-order valence-electron chi connectivity index (χ3n) is 10.4. The third-order valence-corrected chi connectivity index (χ3v) is 10.4. The van der Waals surface area contributed by atoms with Crippen molar-refractivity contribution in [3.8, 4) is 0 Å². The van der Waals surface area contributed by atoms with Gasteiger partial charge < -0.3 is 20.4 Å². The van der Waals surface area contributed by atoms with Gasteiger partial charge in [-0.25, -0.2) is 0 Å². The predicted molar refractivity (Wildman–Crippen MR) is 175 cm³/mol. The Labute approximate surface area is 275 Å². The van der Waals surface area contributed by atoms with Gasteiger partial charge in [0.05, 0.1) is 0 Å². The van der Waals surface area contributed by atoms with Crippen molar-refractivity contribution in [2.45, 2.75) is 140 Å². The Kier molecular flexibility index (Phi) is 17.3. The number of carboxylic acid groups (broad SMARTS) is 4. The molecule has 4 aliphatic heterocycles. The number of unbranched alkanes of at least 4 members (excludes halogenated alkanes) is 8. The Balaban J connectivity index is 0.000000250. The number of nitrogens with zero attached hydrogens (tertiary/aromatic N) is 4. The molecule has 12 nitrogen and oxygen atoms in total. The van der Waals surface area contributed by atoms with Gasteiger partial charge in [-0.2, -0.15) is 0 Å². The van der Waals surface area contributed by atoms with Gasteiger partial charge in [0.2, 0.25) is 0 Å². The van der Waals surface area contributed by atoms with Crippen molar-refractivity contribution in [3.63, 3.8) is 0 Å². The second kappa shape index (κ2) is 20.8. The number of rotatable bonds is 20. The average Bonchev–Trinajstić information content (AvgIpc) is 3.83. The van der Waals surface area contributed by atoms with E-state index in [4.69, 9.17) is 20.4 Å². The number of hydrogen-bond acceptors (Lipinski definition) is 8. The van der Waals surface area contributed by atoms with E-state index >= 15 is 0 Å². The van der Waals surface area contributed by atoms with Crippen LogP contribution in [-0.2, 0) is 19.2 Å². The smallest absolute Gasteiger partial charge is 0.320 e. The molecule has 0 amide bonds. The highest BCUT2D eigenvalue weighted by Gasteiger charge is 2.32. The summed E-state index contributed by atoms with van der Waals surface area (Å²) < 4.78 is 0. The molecule has 0 unspecified atom stereocenters. The lowest BCUT2D eigenvalue weighted by molar-refractivity contribution is -0.143. The molecule has 4 fully saturated rings. The van der Waals surface area contributed by atoms with Crippen LogP contribution in [0.1, 0.15) is 116 Å². The lowest BCUT2D eigenvalue weighted by Gasteiger charge is -2.21. The first-order valence-electron chi connectivity index (χ1n) is 18.1. The molecular weight excluding hydrogens is 592 g/mol. The second-order valence-corrected chi connectivity index (χ2v) is 13.7. The molecule has 4 rings (SSSR count). The second-order valence-electron chi connectivity index (χ2n) is 13.7. The quantitative estimate of drug-likeness (QED) is 0.140. The summed E-state index contributed by atoms with van der Waals surface area (Å²) in [6.07, 6.45) is 18.2. The molecule has 4 heterocycles. The van der Waals surface area contributed by atoms with Crippen LogP contribution in [0.5, 0.6) is 0 Å². The van der Waals surface area contributed by atoms with Gasteiger partial charge in [0.1, 0.15) is 24.2 Å². The van der Waals surface area contributed by atoms with Gasteiger partial charge in [0.15, 0.2) is 0 Å². The molecule has 0 aromatic rings. The molecule has 4 atom stereocenters. The van der Waals surface area contributed by atoms with Crippen LogP contribution >= 0.6 is 0 Å². The van der Waals surface area contributed by atoms with Crippen molar-refractivity contribution in [2.24, 2.45) is 0 Å². The van der Waals surface area contributed by atoms with E-state index in [0.717, 1.165) is 168 Å². The Morgan fingerprint density at radius 2 is 0.565 bits per heavy atom. The normalized spacial score (nSPS) is 25.9. The van der Waals surface area contributed by atoms with Crippen LogP contribution in [0.15, 0.2) is 0 Å². The Morgan fingerprint density at radius 3 is 0.761 bits per heavy atom. The summed E-state index contributed by atoms with van der Waals surface area (Å²) >= 11 is 0. The maximum atomic E-state index is 11.1. The fourth-order valence-corrected chi connectivity index (χ4v) is 7.81. The molecule has 0 radical (unpaired) electrons. The Hall–Kier alpha value is -2.28. The molecule has 46 heavy (non-hydrogen) atoms. The molecule has 4 N–H and O–H groups in total. The maximum absolute atomic E-state index is 11.1.